The first-order chi connectivity index (χ1) is 5.29. The van der Waals surface area contributed by atoms with Crippen LogP contribution in [0, 0.1) is 29.1 Å². The second-order valence-electron chi connectivity index (χ2n) is 5.15. The van der Waals surface area contributed by atoms with Crippen molar-refractivity contribution in [2.24, 2.45) is 29.1 Å². The van der Waals surface area contributed by atoms with Gasteiger partial charge in [-0.1, -0.05) is 13.8 Å². The molecule has 11 heavy (non-hydrogen) atoms. The monoisotopic (exact) mass is 150 g/mol. The van der Waals surface area contributed by atoms with Crippen molar-refractivity contribution in [3.63, 3.8) is 0 Å². The lowest BCUT2D eigenvalue weighted by Gasteiger charge is -2.15. The van der Waals surface area contributed by atoms with Gasteiger partial charge in [0.1, 0.15) is 0 Å². The minimum atomic E-state index is 0.891. The fourth-order valence-electron chi connectivity index (χ4n) is 4.74. The maximum atomic E-state index is 2.49. The predicted octanol–water partition coefficient (Wildman–Crippen LogP) is 3.08. The first kappa shape index (κ1) is 6.51. The SMILES string of the molecule is CCC12CCC3CC(C)C1C32. The van der Waals surface area contributed by atoms with E-state index in [1.165, 1.54) is 18.3 Å². The molecule has 0 bridgehead atoms. The Labute approximate surface area is 69.4 Å². The highest BCUT2D eigenvalue weighted by atomic mass is 14.8. The van der Waals surface area contributed by atoms with Crippen LogP contribution in [0.15, 0.2) is 0 Å². The van der Waals surface area contributed by atoms with Crippen LogP contribution < -0.4 is 0 Å². The molecule has 0 N–H and O–H groups in total. The van der Waals surface area contributed by atoms with Gasteiger partial charge >= 0.3 is 0 Å². The summed E-state index contributed by atoms with van der Waals surface area (Å²) >= 11 is 0. The third kappa shape index (κ3) is 0.522. The summed E-state index contributed by atoms with van der Waals surface area (Å²) in [5.41, 5.74) is 0.891. The summed E-state index contributed by atoms with van der Waals surface area (Å²) in [4.78, 5) is 0. The number of hydrogen-bond acceptors (Lipinski definition) is 0. The summed E-state index contributed by atoms with van der Waals surface area (Å²) in [7, 11) is 0. The summed E-state index contributed by atoms with van der Waals surface area (Å²) < 4.78 is 0. The van der Waals surface area contributed by atoms with Crippen LogP contribution in [0.4, 0.5) is 0 Å². The van der Waals surface area contributed by atoms with Crippen LogP contribution in [-0.4, -0.2) is 0 Å². The van der Waals surface area contributed by atoms with Crippen molar-refractivity contribution in [3.05, 3.63) is 0 Å². The molecular formula is C11H18. The third-order valence-corrected chi connectivity index (χ3v) is 5.04. The molecule has 5 unspecified atom stereocenters. The van der Waals surface area contributed by atoms with Crippen molar-refractivity contribution < 1.29 is 0 Å². The number of hydrogen-bond donors (Lipinski definition) is 0. The van der Waals surface area contributed by atoms with E-state index in [0.29, 0.717) is 0 Å². The van der Waals surface area contributed by atoms with E-state index in [1.54, 1.807) is 19.3 Å². The van der Waals surface area contributed by atoms with E-state index in [-0.39, 0.29) is 0 Å². The lowest BCUT2D eigenvalue weighted by atomic mass is 9.90. The van der Waals surface area contributed by atoms with Crippen LogP contribution >= 0.6 is 0 Å². The van der Waals surface area contributed by atoms with Crippen molar-refractivity contribution in [1.29, 1.82) is 0 Å². The number of rotatable bonds is 1. The summed E-state index contributed by atoms with van der Waals surface area (Å²) in [6.07, 6.45) is 6.19. The molecule has 3 fully saturated rings. The van der Waals surface area contributed by atoms with Gasteiger partial charge in [-0.3, -0.25) is 0 Å². The fourth-order valence-corrected chi connectivity index (χ4v) is 4.74. The van der Waals surface area contributed by atoms with Crippen LogP contribution in [0.2, 0.25) is 0 Å². The summed E-state index contributed by atoms with van der Waals surface area (Å²) in [5.74, 6) is 4.61. The average molecular weight is 150 g/mol. The standard InChI is InChI=1S/C11H18/c1-3-11-5-4-8-6-7(2)9(11)10(8)11/h7-10H,3-6H2,1-2H3. The molecule has 0 radical (unpaired) electrons. The van der Waals surface area contributed by atoms with Gasteiger partial charge in [-0.15, -0.1) is 0 Å². The molecule has 0 saturated heterocycles. The van der Waals surface area contributed by atoms with Gasteiger partial charge < -0.3 is 0 Å². The topological polar surface area (TPSA) is 0 Å². The van der Waals surface area contributed by atoms with Crippen LogP contribution in [-0.2, 0) is 0 Å². The Morgan fingerprint density at radius 2 is 2.18 bits per heavy atom. The van der Waals surface area contributed by atoms with Gasteiger partial charge in [-0.2, -0.15) is 0 Å². The van der Waals surface area contributed by atoms with Crippen molar-refractivity contribution >= 4 is 0 Å². The van der Waals surface area contributed by atoms with Crippen LogP contribution in [0.5, 0.6) is 0 Å². The Balaban J connectivity index is 1.95. The number of fused-ring (bicyclic) bond motifs is 1. The van der Waals surface area contributed by atoms with Crippen LogP contribution in [0.1, 0.15) is 39.5 Å². The van der Waals surface area contributed by atoms with Crippen molar-refractivity contribution in [1.82, 2.24) is 0 Å². The van der Waals surface area contributed by atoms with E-state index < -0.39 is 0 Å². The highest BCUT2D eigenvalue weighted by Gasteiger charge is 2.73. The van der Waals surface area contributed by atoms with E-state index in [4.69, 9.17) is 0 Å². The van der Waals surface area contributed by atoms with E-state index in [9.17, 15) is 0 Å². The lowest BCUT2D eigenvalue weighted by Crippen LogP contribution is -2.06. The van der Waals surface area contributed by atoms with Crippen LogP contribution in [0.25, 0.3) is 0 Å². The zero-order valence-electron chi connectivity index (χ0n) is 7.64. The molecule has 3 rings (SSSR count). The van der Waals surface area contributed by atoms with Crippen molar-refractivity contribution in [3.8, 4) is 0 Å². The minimum absolute atomic E-state index is 0.891. The summed E-state index contributed by atoms with van der Waals surface area (Å²) in [6, 6.07) is 0. The maximum Gasteiger partial charge on any atom is -0.0232 e. The maximum absolute atomic E-state index is 2.49. The Morgan fingerprint density at radius 3 is 2.73 bits per heavy atom. The average Bonchev–Trinajstić information content (AvgIpc) is 2.44. The normalized spacial score (nSPS) is 64.9. The molecule has 0 aromatic rings. The molecule has 0 aromatic heterocycles. The molecule has 0 spiro atoms. The van der Waals surface area contributed by atoms with E-state index in [0.717, 1.165) is 17.3 Å². The summed E-state index contributed by atoms with van der Waals surface area (Å²) in [6.45, 7) is 4.90. The fraction of sp³-hybridized carbons (Fsp3) is 1.00. The van der Waals surface area contributed by atoms with E-state index in [2.05, 4.69) is 13.8 Å². The molecule has 0 nitrogen and oxygen atoms in total. The zero-order chi connectivity index (χ0) is 7.64. The van der Waals surface area contributed by atoms with Gasteiger partial charge in [0, 0.05) is 0 Å². The first-order valence-electron chi connectivity index (χ1n) is 5.29. The zero-order valence-corrected chi connectivity index (χ0v) is 7.64. The third-order valence-electron chi connectivity index (χ3n) is 5.04. The Kier molecular flexibility index (Phi) is 0.990. The van der Waals surface area contributed by atoms with E-state index >= 15 is 0 Å². The molecule has 62 valence electrons. The second-order valence-corrected chi connectivity index (χ2v) is 5.15. The quantitative estimate of drug-likeness (QED) is 0.539. The molecule has 0 amide bonds. The van der Waals surface area contributed by atoms with Gasteiger partial charge in [0.25, 0.3) is 0 Å². The summed E-state index contributed by atoms with van der Waals surface area (Å²) in [5, 5.41) is 0. The smallest absolute Gasteiger partial charge is 0.0232 e. The molecule has 5 atom stereocenters. The molecular weight excluding hydrogens is 132 g/mol. The molecule has 0 heteroatoms. The van der Waals surface area contributed by atoms with E-state index in [1.807, 2.05) is 0 Å². The Bertz CT molecular complexity index is 190. The van der Waals surface area contributed by atoms with Gasteiger partial charge in [-0.25, -0.2) is 0 Å². The van der Waals surface area contributed by atoms with Crippen LogP contribution in [0.3, 0.4) is 0 Å². The second kappa shape index (κ2) is 1.67. The Morgan fingerprint density at radius 1 is 1.36 bits per heavy atom. The first-order valence-corrected chi connectivity index (χ1v) is 5.29. The molecule has 3 saturated carbocycles. The molecule has 0 aromatic carbocycles. The minimum Gasteiger partial charge on any atom is -0.0648 e. The van der Waals surface area contributed by atoms with Gasteiger partial charge in [0.05, 0.1) is 0 Å². The Hall–Kier alpha value is 0. The van der Waals surface area contributed by atoms with Gasteiger partial charge in [0.15, 0.2) is 0 Å². The van der Waals surface area contributed by atoms with Crippen molar-refractivity contribution in [2.75, 3.05) is 0 Å². The highest BCUT2D eigenvalue weighted by molar-refractivity contribution is 5.21. The van der Waals surface area contributed by atoms with Gasteiger partial charge in [0.2, 0.25) is 0 Å². The van der Waals surface area contributed by atoms with Crippen molar-refractivity contribution in [2.45, 2.75) is 39.5 Å². The largest absolute Gasteiger partial charge is 0.0648 e. The lowest BCUT2D eigenvalue weighted by molar-refractivity contribution is 0.347. The molecule has 3 aliphatic rings. The molecule has 0 aliphatic heterocycles. The predicted molar refractivity (Wildman–Crippen MR) is 46.2 cm³/mol. The van der Waals surface area contributed by atoms with Gasteiger partial charge in [-0.05, 0) is 54.8 Å². The molecule has 3 aliphatic carbocycles. The molecule has 0 heterocycles. The highest BCUT2D eigenvalue weighted by Crippen LogP contribution is 2.79.